The number of rotatable bonds is 8. The van der Waals surface area contributed by atoms with E-state index in [2.05, 4.69) is 32.7 Å². The first-order chi connectivity index (χ1) is 11.9. The Morgan fingerprint density at radius 1 is 1.24 bits per heavy atom. The van der Waals surface area contributed by atoms with Gasteiger partial charge in [-0.1, -0.05) is 24.3 Å². The monoisotopic (exact) mass is 454 g/mol. The van der Waals surface area contributed by atoms with Crippen molar-refractivity contribution >= 4 is 40.7 Å². The topological polar surface area (TPSA) is 58.5 Å². The maximum Gasteiger partial charge on any atom is 0.191 e. The Hall–Kier alpha value is -1.41. The molecule has 2 aromatic rings. The number of ether oxygens (including phenoxy) is 1. The number of halogens is 1. The van der Waals surface area contributed by atoms with Crippen LogP contribution in [0.3, 0.4) is 0 Å². The predicted molar refractivity (Wildman–Crippen MR) is 114 cm³/mol. The molecule has 0 bridgehead atoms. The molecule has 5 nitrogen and oxygen atoms in total. The summed E-state index contributed by atoms with van der Waals surface area (Å²) in [5.74, 6) is 1.63. The molecule has 0 aliphatic heterocycles. The Balaban J connectivity index is 0.00000225. The van der Waals surface area contributed by atoms with Crippen molar-refractivity contribution in [3.05, 3.63) is 42.2 Å². The third-order valence-corrected chi connectivity index (χ3v) is 4.21. The summed E-state index contributed by atoms with van der Waals surface area (Å²) in [6.07, 6.45) is 5.53. The van der Waals surface area contributed by atoms with Crippen LogP contribution in [0.15, 0.2) is 41.5 Å². The molecule has 136 valence electrons. The fraction of sp³-hybridized carbons (Fsp3) is 0.474. The number of fused-ring (bicyclic) bond motifs is 1. The zero-order valence-electron chi connectivity index (χ0n) is 14.7. The van der Waals surface area contributed by atoms with Gasteiger partial charge in [-0.05, 0) is 36.6 Å². The molecule has 25 heavy (non-hydrogen) atoms. The van der Waals surface area contributed by atoms with Gasteiger partial charge in [-0.3, -0.25) is 9.98 Å². The lowest BCUT2D eigenvalue weighted by atomic mass is 10.1. The standard InChI is InChI=1S/C19H26N4O.HI/c1-20-19(22-10-4-12-24-14-15-7-8-15)23-13-18-17-6-3-2-5-16(17)9-11-21-18;/h2-3,5-6,9,11,15H,4,7-8,10,12-14H2,1H3,(H2,20,22,23);1H. The van der Waals surface area contributed by atoms with Gasteiger partial charge in [-0.2, -0.15) is 0 Å². The molecule has 1 aromatic carbocycles. The minimum absolute atomic E-state index is 0. The second kappa shape index (κ2) is 10.6. The number of nitrogens with one attached hydrogen (secondary N) is 2. The SMILES string of the molecule is CN=C(NCCCOCC1CC1)NCc1nccc2ccccc12.I. The molecular formula is C19H27IN4O. The van der Waals surface area contributed by atoms with Gasteiger partial charge in [0.05, 0.1) is 12.2 Å². The first-order valence-electron chi connectivity index (χ1n) is 8.71. The Bertz CT molecular complexity index is 683. The van der Waals surface area contributed by atoms with Crippen LogP contribution in [-0.4, -0.2) is 37.7 Å². The number of hydrogen-bond donors (Lipinski definition) is 2. The number of guanidine groups is 1. The molecule has 0 amide bonds. The summed E-state index contributed by atoms with van der Waals surface area (Å²) in [5.41, 5.74) is 1.03. The summed E-state index contributed by atoms with van der Waals surface area (Å²) in [5, 5.41) is 9.04. The average Bonchev–Trinajstić information content (AvgIpc) is 3.45. The van der Waals surface area contributed by atoms with Crippen molar-refractivity contribution in [2.24, 2.45) is 10.9 Å². The van der Waals surface area contributed by atoms with E-state index in [9.17, 15) is 0 Å². The first-order valence-corrected chi connectivity index (χ1v) is 8.71. The molecule has 0 radical (unpaired) electrons. The summed E-state index contributed by atoms with van der Waals surface area (Å²) in [4.78, 5) is 8.76. The van der Waals surface area contributed by atoms with Crippen LogP contribution in [0.4, 0.5) is 0 Å². The molecule has 0 saturated heterocycles. The summed E-state index contributed by atoms with van der Waals surface area (Å²) in [6, 6.07) is 10.3. The molecule has 0 atom stereocenters. The van der Waals surface area contributed by atoms with Gasteiger partial charge in [-0.15, -0.1) is 24.0 Å². The molecule has 1 aliphatic carbocycles. The average molecular weight is 454 g/mol. The van der Waals surface area contributed by atoms with Crippen molar-refractivity contribution in [2.75, 3.05) is 26.8 Å². The lowest BCUT2D eigenvalue weighted by molar-refractivity contribution is 0.123. The van der Waals surface area contributed by atoms with Gasteiger partial charge < -0.3 is 15.4 Å². The van der Waals surface area contributed by atoms with Gasteiger partial charge in [0.25, 0.3) is 0 Å². The van der Waals surface area contributed by atoms with E-state index < -0.39 is 0 Å². The minimum atomic E-state index is 0. The third-order valence-electron chi connectivity index (χ3n) is 4.21. The van der Waals surface area contributed by atoms with Crippen molar-refractivity contribution in [3.63, 3.8) is 0 Å². The number of nitrogens with zero attached hydrogens (tertiary/aromatic N) is 2. The highest BCUT2D eigenvalue weighted by Crippen LogP contribution is 2.28. The summed E-state index contributed by atoms with van der Waals surface area (Å²) in [7, 11) is 1.79. The van der Waals surface area contributed by atoms with Crippen LogP contribution in [0.25, 0.3) is 10.8 Å². The number of aromatic nitrogens is 1. The fourth-order valence-electron chi connectivity index (χ4n) is 2.63. The van der Waals surface area contributed by atoms with E-state index in [1.54, 1.807) is 7.05 Å². The third kappa shape index (κ3) is 6.43. The quantitative estimate of drug-likeness (QED) is 0.278. The van der Waals surface area contributed by atoms with Crippen molar-refractivity contribution in [1.29, 1.82) is 0 Å². The van der Waals surface area contributed by atoms with Crippen molar-refractivity contribution in [2.45, 2.75) is 25.8 Å². The zero-order valence-corrected chi connectivity index (χ0v) is 17.0. The number of benzene rings is 1. The lowest BCUT2D eigenvalue weighted by Gasteiger charge is -2.12. The van der Waals surface area contributed by atoms with Crippen LogP contribution in [0.5, 0.6) is 0 Å². The van der Waals surface area contributed by atoms with Gasteiger partial charge in [0, 0.05) is 38.4 Å². The second-order valence-corrected chi connectivity index (χ2v) is 6.20. The maximum atomic E-state index is 5.64. The van der Waals surface area contributed by atoms with Crippen LogP contribution in [0, 0.1) is 5.92 Å². The minimum Gasteiger partial charge on any atom is -0.381 e. The lowest BCUT2D eigenvalue weighted by Crippen LogP contribution is -2.37. The van der Waals surface area contributed by atoms with Crippen LogP contribution in [-0.2, 0) is 11.3 Å². The van der Waals surface area contributed by atoms with Gasteiger partial charge in [0.2, 0.25) is 0 Å². The van der Waals surface area contributed by atoms with E-state index in [4.69, 9.17) is 4.74 Å². The number of pyridine rings is 1. The van der Waals surface area contributed by atoms with E-state index in [-0.39, 0.29) is 24.0 Å². The van der Waals surface area contributed by atoms with Crippen molar-refractivity contribution < 1.29 is 4.74 Å². The predicted octanol–water partition coefficient (Wildman–Crippen LogP) is 3.33. The normalized spacial score (nSPS) is 14.2. The molecule has 0 spiro atoms. The molecule has 2 N–H and O–H groups in total. The summed E-state index contributed by atoms with van der Waals surface area (Å²) >= 11 is 0. The van der Waals surface area contributed by atoms with Crippen molar-refractivity contribution in [1.82, 2.24) is 15.6 Å². The van der Waals surface area contributed by atoms with Gasteiger partial charge in [0.1, 0.15) is 0 Å². The molecule has 0 unspecified atom stereocenters. The molecule has 3 rings (SSSR count). The molecule has 1 aromatic heterocycles. The Morgan fingerprint density at radius 3 is 2.88 bits per heavy atom. The second-order valence-electron chi connectivity index (χ2n) is 6.20. The molecular weight excluding hydrogens is 427 g/mol. The Labute approximate surface area is 166 Å². The largest absolute Gasteiger partial charge is 0.381 e. The highest BCUT2D eigenvalue weighted by atomic mass is 127. The van der Waals surface area contributed by atoms with E-state index in [1.807, 2.05) is 24.4 Å². The molecule has 1 heterocycles. The van der Waals surface area contributed by atoms with Gasteiger partial charge in [0.15, 0.2) is 5.96 Å². The molecule has 1 saturated carbocycles. The molecule has 6 heteroatoms. The zero-order chi connectivity index (χ0) is 16.6. The number of aliphatic imine (C=N–C) groups is 1. The van der Waals surface area contributed by atoms with E-state index in [0.29, 0.717) is 6.54 Å². The first kappa shape index (κ1) is 19.9. The fourth-order valence-corrected chi connectivity index (χ4v) is 2.63. The van der Waals surface area contributed by atoms with Gasteiger partial charge in [-0.25, -0.2) is 0 Å². The number of hydrogen-bond acceptors (Lipinski definition) is 3. The molecule has 1 fully saturated rings. The maximum absolute atomic E-state index is 5.64. The van der Waals surface area contributed by atoms with E-state index in [0.717, 1.165) is 43.8 Å². The van der Waals surface area contributed by atoms with Crippen LogP contribution in [0.1, 0.15) is 25.0 Å². The Morgan fingerprint density at radius 2 is 2.08 bits per heavy atom. The Kier molecular flexibility index (Phi) is 8.40. The van der Waals surface area contributed by atoms with Crippen LogP contribution < -0.4 is 10.6 Å². The summed E-state index contributed by atoms with van der Waals surface area (Å²) in [6.45, 7) is 3.25. The van der Waals surface area contributed by atoms with Crippen LogP contribution >= 0.6 is 24.0 Å². The highest BCUT2D eigenvalue weighted by Gasteiger charge is 2.20. The highest BCUT2D eigenvalue weighted by molar-refractivity contribution is 14.0. The molecule has 1 aliphatic rings. The van der Waals surface area contributed by atoms with E-state index in [1.165, 1.54) is 23.6 Å². The van der Waals surface area contributed by atoms with Crippen LogP contribution in [0.2, 0.25) is 0 Å². The van der Waals surface area contributed by atoms with Gasteiger partial charge >= 0.3 is 0 Å². The smallest absolute Gasteiger partial charge is 0.191 e. The van der Waals surface area contributed by atoms with E-state index >= 15 is 0 Å². The van der Waals surface area contributed by atoms with Crippen molar-refractivity contribution in [3.8, 4) is 0 Å². The summed E-state index contributed by atoms with van der Waals surface area (Å²) < 4.78 is 5.64.